The highest BCUT2D eigenvalue weighted by Crippen LogP contribution is 2.30. The SMILES string of the molecule is CCC1(C(C)C)CN(Cc2cccc(F)c2)CCO1. The maximum absolute atomic E-state index is 13.2. The van der Waals surface area contributed by atoms with Crippen LogP contribution >= 0.6 is 0 Å². The van der Waals surface area contributed by atoms with E-state index in [0.717, 1.165) is 38.2 Å². The molecule has 1 aliphatic rings. The van der Waals surface area contributed by atoms with E-state index in [2.05, 4.69) is 25.7 Å². The molecular weight excluding hydrogens is 241 g/mol. The zero-order valence-electron chi connectivity index (χ0n) is 12.2. The summed E-state index contributed by atoms with van der Waals surface area (Å²) in [6.45, 7) is 10.0. The first-order valence-electron chi connectivity index (χ1n) is 7.16. The highest BCUT2D eigenvalue weighted by molar-refractivity contribution is 5.16. The van der Waals surface area contributed by atoms with Crippen LogP contribution in [0.3, 0.4) is 0 Å². The normalized spacial score (nSPS) is 24.9. The quantitative estimate of drug-likeness (QED) is 0.826. The molecule has 0 spiro atoms. The Morgan fingerprint density at radius 1 is 1.42 bits per heavy atom. The van der Waals surface area contributed by atoms with Crippen molar-refractivity contribution in [3.05, 3.63) is 35.6 Å². The van der Waals surface area contributed by atoms with Crippen molar-refractivity contribution in [3.63, 3.8) is 0 Å². The number of hydrogen-bond donors (Lipinski definition) is 0. The summed E-state index contributed by atoms with van der Waals surface area (Å²) >= 11 is 0. The van der Waals surface area contributed by atoms with E-state index in [9.17, 15) is 4.39 Å². The van der Waals surface area contributed by atoms with Crippen molar-refractivity contribution in [2.45, 2.75) is 39.3 Å². The summed E-state index contributed by atoms with van der Waals surface area (Å²) in [5.41, 5.74) is 0.988. The van der Waals surface area contributed by atoms with Crippen molar-refractivity contribution in [2.75, 3.05) is 19.7 Å². The minimum atomic E-state index is -0.156. The molecule has 1 saturated heterocycles. The lowest BCUT2D eigenvalue weighted by atomic mass is 9.86. The van der Waals surface area contributed by atoms with Gasteiger partial charge in [0.15, 0.2) is 0 Å². The molecule has 1 heterocycles. The Hall–Kier alpha value is -0.930. The second-order valence-electron chi connectivity index (χ2n) is 5.76. The molecule has 0 amide bonds. The molecule has 106 valence electrons. The van der Waals surface area contributed by atoms with E-state index in [1.807, 2.05) is 6.07 Å². The van der Waals surface area contributed by atoms with Gasteiger partial charge in [0, 0.05) is 19.6 Å². The van der Waals surface area contributed by atoms with Crippen molar-refractivity contribution in [3.8, 4) is 0 Å². The first kappa shape index (κ1) is 14.5. The van der Waals surface area contributed by atoms with Gasteiger partial charge >= 0.3 is 0 Å². The van der Waals surface area contributed by atoms with E-state index in [0.29, 0.717) is 5.92 Å². The second-order valence-corrected chi connectivity index (χ2v) is 5.76. The third-order valence-corrected chi connectivity index (χ3v) is 4.23. The summed E-state index contributed by atoms with van der Waals surface area (Å²) in [5.74, 6) is 0.337. The molecule has 1 atom stereocenters. The van der Waals surface area contributed by atoms with Crippen LogP contribution in [0.4, 0.5) is 4.39 Å². The van der Waals surface area contributed by atoms with Gasteiger partial charge in [0.05, 0.1) is 12.2 Å². The highest BCUT2D eigenvalue weighted by atomic mass is 19.1. The van der Waals surface area contributed by atoms with Crippen LogP contribution in [0.15, 0.2) is 24.3 Å². The number of rotatable bonds is 4. The summed E-state index contributed by atoms with van der Waals surface area (Å²) < 4.78 is 19.3. The molecule has 1 fully saturated rings. The Morgan fingerprint density at radius 2 is 2.21 bits per heavy atom. The molecule has 1 unspecified atom stereocenters. The van der Waals surface area contributed by atoms with Crippen molar-refractivity contribution >= 4 is 0 Å². The lowest BCUT2D eigenvalue weighted by Crippen LogP contribution is -2.54. The average molecular weight is 265 g/mol. The molecule has 0 aromatic heterocycles. The van der Waals surface area contributed by atoms with Crippen LogP contribution < -0.4 is 0 Å². The summed E-state index contributed by atoms with van der Waals surface area (Å²) in [7, 11) is 0. The lowest BCUT2D eigenvalue weighted by molar-refractivity contribution is -0.138. The Morgan fingerprint density at radius 3 is 2.84 bits per heavy atom. The molecule has 2 nitrogen and oxygen atoms in total. The van der Waals surface area contributed by atoms with Crippen LogP contribution in [0.2, 0.25) is 0 Å². The number of nitrogens with zero attached hydrogens (tertiary/aromatic N) is 1. The number of benzene rings is 1. The molecule has 3 heteroatoms. The maximum atomic E-state index is 13.2. The molecule has 0 bridgehead atoms. The van der Waals surface area contributed by atoms with Crippen molar-refractivity contribution in [2.24, 2.45) is 5.92 Å². The molecule has 1 aromatic carbocycles. The number of halogens is 1. The molecule has 0 aliphatic carbocycles. The van der Waals surface area contributed by atoms with Gasteiger partial charge in [-0.15, -0.1) is 0 Å². The van der Waals surface area contributed by atoms with Crippen molar-refractivity contribution in [1.82, 2.24) is 4.90 Å². The van der Waals surface area contributed by atoms with E-state index in [4.69, 9.17) is 4.74 Å². The molecular formula is C16H24FNO. The largest absolute Gasteiger partial charge is 0.372 e. The van der Waals surface area contributed by atoms with Gasteiger partial charge in [-0.3, -0.25) is 4.90 Å². The lowest BCUT2D eigenvalue weighted by Gasteiger charge is -2.45. The molecule has 0 radical (unpaired) electrons. The fourth-order valence-corrected chi connectivity index (χ4v) is 2.88. The second kappa shape index (κ2) is 6.02. The van der Waals surface area contributed by atoms with E-state index >= 15 is 0 Å². The number of hydrogen-bond acceptors (Lipinski definition) is 2. The summed E-state index contributed by atoms with van der Waals surface area (Å²) in [5, 5.41) is 0. The topological polar surface area (TPSA) is 12.5 Å². The van der Waals surface area contributed by atoms with E-state index in [1.165, 1.54) is 6.07 Å². The predicted molar refractivity (Wildman–Crippen MR) is 75.5 cm³/mol. The van der Waals surface area contributed by atoms with Gasteiger partial charge < -0.3 is 4.74 Å². The van der Waals surface area contributed by atoms with Crippen LogP contribution in [-0.4, -0.2) is 30.2 Å². The summed E-state index contributed by atoms with van der Waals surface area (Å²) in [6, 6.07) is 6.88. The van der Waals surface area contributed by atoms with E-state index in [1.54, 1.807) is 12.1 Å². The van der Waals surface area contributed by atoms with Gasteiger partial charge in [-0.25, -0.2) is 4.39 Å². The smallest absolute Gasteiger partial charge is 0.123 e. The molecule has 19 heavy (non-hydrogen) atoms. The first-order valence-corrected chi connectivity index (χ1v) is 7.16. The van der Waals surface area contributed by atoms with Gasteiger partial charge in [-0.05, 0) is 30.0 Å². The molecule has 0 saturated carbocycles. The van der Waals surface area contributed by atoms with Gasteiger partial charge in [-0.1, -0.05) is 32.9 Å². The van der Waals surface area contributed by atoms with Crippen LogP contribution in [0.5, 0.6) is 0 Å². The minimum Gasteiger partial charge on any atom is -0.372 e. The minimum absolute atomic E-state index is 0.0500. The van der Waals surface area contributed by atoms with Gasteiger partial charge in [-0.2, -0.15) is 0 Å². The Balaban J connectivity index is 2.05. The summed E-state index contributed by atoms with van der Waals surface area (Å²) in [6.07, 6.45) is 1.02. The van der Waals surface area contributed by atoms with E-state index < -0.39 is 0 Å². The first-order chi connectivity index (χ1) is 9.05. The van der Waals surface area contributed by atoms with Gasteiger partial charge in [0.2, 0.25) is 0 Å². The Kier molecular flexibility index (Phi) is 4.58. The molecule has 1 aliphatic heterocycles. The van der Waals surface area contributed by atoms with Gasteiger partial charge in [0.1, 0.15) is 5.82 Å². The van der Waals surface area contributed by atoms with Crippen LogP contribution in [0.25, 0.3) is 0 Å². The number of ether oxygens (including phenoxy) is 1. The van der Waals surface area contributed by atoms with E-state index in [-0.39, 0.29) is 11.4 Å². The van der Waals surface area contributed by atoms with Crippen LogP contribution in [0.1, 0.15) is 32.8 Å². The standard InChI is InChI=1S/C16H24FNO/c1-4-16(13(2)3)12-18(8-9-19-16)11-14-6-5-7-15(17)10-14/h5-7,10,13H,4,8-9,11-12H2,1-3H3. The fraction of sp³-hybridized carbons (Fsp3) is 0.625. The molecule has 1 aromatic rings. The predicted octanol–water partition coefficient (Wildman–Crippen LogP) is 3.46. The molecule has 0 N–H and O–H groups in total. The third-order valence-electron chi connectivity index (χ3n) is 4.23. The van der Waals surface area contributed by atoms with Crippen LogP contribution in [0, 0.1) is 11.7 Å². The van der Waals surface area contributed by atoms with Crippen molar-refractivity contribution in [1.29, 1.82) is 0 Å². The maximum Gasteiger partial charge on any atom is 0.123 e. The fourth-order valence-electron chi connectivity index (χ4n) is 2.88. The highest BCUT2D eigenvalue weighted by Gasteiger charge is 2.37. The summed E-state index contributed by atoms with van der Waals surface area (Å²) in [4.78, 5) is 2.38. The zero-order chi connectivity index (χ0) is 13.9. The monoisotopic (exact) mass is 265 g/mol. The zero-order valence-corrected chi connectivity index (χ0v) is 12.2. The Bertz CT molecular complexity index is 421. The number of morpholine rings is 1. The average Bonchev–Trinajstić information content (AvgIpc) is 2.38. The Labute approximate surface area is 115 Å². The van der Waals surface area contributed by atoms with Gasteiger partial charge in [0.25, 0.3) is 0 Å². The van der Waals surface area contributed by atoms with Crippen molar-refractivity contribution < 1.29 is 9.13 Å². The molecule has 2 rings (SSSR count). The third kappa shape index (κ3) is 3.34. The van der Waals surface area contributed by atoms with Crippen LogP contribution in [-0.2, 0) is 11.3 Å².